The van der Waals surface area contributed by atoms with Crippen molar-refractivity contribution in [2.24, 2.45) is 0 Å². The molecule has 0 atom stereocenters. The maximum absolute atomic E-state index is 13.4. The molecular weight excluding hydrogens is 271 g/mol. The van der Waals surface area contributed by atoms with Gasteiger partial charge in [0, 0.05) is 35.6 Å². The van der Waals surface area contributed by atoms with Gasteiger partial charge in [-0.25, -0.2) is 4.39 Å². The molecule has 0 spiro atoms. The van der Waals surface area contributed by atoms with Crippen LogP contribution in [0.4, 0.5) is 4.39 Å². The van der Waals surface area contributed by atoms with Crippen LogP contribution in [0.25, 0.3) is 0 Å². The molecule has 0 aliphatic carbocycles. The van der Waals surface area contributed by atoms with Crippen LogP contribution in [0.1, 0.15) is 45.3 Å². The lowest BCUT2D eigenvalue weighted by Gasteiger charge is -2.05. The van der Waals surface area contributed by atoms with E-state index in [-0.39, 0.29) is 29.1 Å². The summed E-state index contributed by atoms with van der Waals surface area (Å²) in [5.41, 5.74) is 1.60. The second kappa shape index (κ2) is 6.35. The van der Waals surface area contributed by atoms with Crippen LogP contribution < -0.4 is 0 Å². The lowest BCUT2D eigenvalue weighted by atomic mass is 10.0. The maximum atomic E-state index is 13.4. The second-order valence-electron chi connectivity index (χ2n) is 4.71. The molecule has 5 heteroatoms. The highest BCUT2D eigenvalue weighted by Crippen LogP contribution is 2.13. The first-order valence-corrected chi connectivity index (χ1v) is 6.64. The van der Waals surface area contributed by atoms with Crippen molar-refractivity contribution in [1.82, 2.24) is 9.97 Å². The zero-order valence-electron chi connectivity index (χ0n) is 11.9. The molecule has 0 unspecified atom stereocenters. The van der Waals surface area contributed by atoms with E-state index < -0.39 is 5.82 Å². The number of pyridine rings is 2. The quantitative estimate of drug-likeness (QED) is 0.793. The molecule has 0 aliphatic rings. The van der Waals surface area contributed by atoms with E-state index in [4.69, 9.17) is 0 Å². The summed E-state index contributed by atoms with van der Waals surface area (Å²) in [6, 6.07) is 3.29. The van der Waals surface area contributed by atoms with Crippen molar-refractivity contribution in [2.75, 3.05) is 0 Å². The fourth-order valence-corrected chi connectivity index (χ4v) is 1.94. The van der Waals surface area contributed by atoms with E-state index in [2.05, 4.69) is 9.97 Å². The van der Waals surface area contributed by atoms with Gasteiger partial charge in [-0.15, -0.1) is 0 Å². The van der Waals surface area contributed by atoms with E-state index in [1.54, 1.807) is 26.0 Å². The Labute approximate surface area is 122 Å². The van der Waals surface area contributed by atoms with Gasteiger partial charge in [0.1, 0.15) is 5.82 Å². The Hall–Kier alpha value is -2.43. The average molecular weight is 286 g/mol. The molecule has 2 rings (SSSR count). The van der Waals surface area contributed by atoms with Gasteiger partial charge in [-0.05, 0) is 24.6 Å². The Balaban J connectivity index is 2.16. The van der Waals surface area contributed by atoms with Crippen molar-refractivity contribution < 1.29 is 14.0 Å². The number of ketones is 2. The van der Waals surface area contributed by atoms with Crippen molar-refractivity contribution in [3.05, 3.63) is 58.9 Å². The van der Waals surface area contributed by atoms with Gasteiger partial charge in [0.2, 0.25) is 0 Å². The minimum atomic E-state index is -0.502. The SMILES string of the molecule is CCC(=O)c1ccc(CC(=O)c2cncc(F)c2C)nc1. The smallest absolute Gasteiger partial charge is 0.170 e. The molecule has 2 aromatic rings. The molecule has 0 bridgehead atoms. The van der Waals surface area contributed by atoms with Crippen molar-refractivity contribution in [2.45, 2.75) is 26.7 Å². The van der Waals surface area contributed by atoms with Gasteiger partial charge in [0.05, 0.1) is 12.6 Å². The van der Waals surface area contributed by atoms with Gasteiger partial charge in [0.25, 0.3) is 0 Å². The van der Waals surface area contributed by atoms with Crippen LogP contribution in [-0.2, 0) is 6.42 Å². The molecule has 0 radical (unpaired) electrons. The molecule has 4 nitrogen and oxygen atoms in total. The van der Waals surface area contributed by atoms with Crippen LogP contribution in [0.3, 0.4) is 0 Å². The molecule has 0 aromatic carbocycles. The summed E-state index contributed by atoms with van der Waals surface area (Å²) in [5.74, 6) is -0.746. The third-order valence-corrected chi connectivity index (χ3v) is 3.26. The number of rotatable bonds is 5. The number of halogens is 1. The summed E-state index contributed by atoms with van der Waals surface area (Å²) in [4.78, 5) is 31.4. The van der Waals surface area contributed by atoms with Crippen LogP contribution in [-0.4, -0.2) is 21.5 Å². The van der Waals surface area contributed by atoms with E-state index in [0.717, 1.165) is 6.20 Å². The third-order valence-electron chi connectivity index (χ3n) is 3.26. The average Bonchev–Trinajstić information content (AvgIpc) is 2.50. The van der Waals surface area contributed by atoms with E-state index in [1.807, 2.05) is 0 Å². The normalized spacial score (nSPS) is 10.4. The Morgan fingerprint density at radius 3 is 2.52 bits per heavy atom. The standard InChI is InChI=1S/C16H15FN2O2/c1-3-15(20)11-4-5-12(19-7-11)6-16(21)13-8-18-9-14(17)10(13)2/h4-5,7-9H,3,6H2,1-2H3. The minimum Gasteiger partial charge on any atom is -0.294 e. The predicted molar refractivity (Wildman–Crippen MR) is 75.8 cm³/mol. The zero-order valence-corrected chi connectivity index (χ0v) is 11.9. The molecule has 2 heterocycles. The highest BCUT2D eigenvalue weighted by Gasteiger charge is 2.14. The van der Waals surface area contributed by atoms with Gasteiger partial charge < -0.3 is 0 Å². The van der Waals surface area contributed by atoms with E-state index in [0.29, 0.717) is 17.7 Å². The lowest BCUT2D eigenvalue weighted by molar-refractivity contribution is 0.0983. The molecule has 0 saturated heterocycles. The molecule has 0 aliphatic heterocycles. The van der Waals surface area contributed by atoms with Crippen molar-refractivity contribution >= 4 is 11.6 Å². The fraction of sp³-hybridized carbons (Fsp3) is 0.250. The van der Waals surface area contributed by atoms with E-state index in [9.17, 15) is 14.0 Å². The third kappa shape index (κ3) is 3.37. The van der Waals surface area contributed by atoms with Gasteiger partial charge in [-0.3, -0.25) is 19.6 Å². The second-order valence-corrected chi connectivity index (χ2v) is 4.71. The van der Waals surface area contributed by atoms with E-state index in [1.165, 1.54) is 12.4 Å². The number of aromatic nitrogens is 2. The summed E-state index contributed by atoms with van der Waals surface area (Å²) in [5, 5.41) is 0. The number of nitrogens with zero attached hydrogens (tertiary/aromatic N) is 2. The van der Waals surface area contributed by atoms with Gasteiger partial charge in [0.15, 0.2) is 11.6 Å². The summed E-state index contributed by atoms with van der Waals surface area (Å²) in [6.45, 7) is 3.32. The van der Waals surface area contributed by atoms with E-state index >= 15 is 0 Å². The van der Waals surface area contributed by atoms with Gasteiger partial charge >= 0.3 is 0 Å². The largest absolute Gasteiger partial charge is 0.294 e. The molecule has 0 N–H and O–H groups in total. The topological polar surface area (TPSA) is 59.9 Å². The lowest BCUT2D eigenvalue weighted by Crippen LogP contribution is -2.09. The molecule has 108 valence electrons. The Bertz CT molecular complexity index is 681. The van der Waals surface area contributed by atoms with Gasteiger partial charge in [-0.1, -0.05) is 6.92 Å². The number of Topliss-reactive ketones (excluding diaryl/α,β-unsaturated/α-hetero) is 2. The van der Waals surface area contributed by atoms with Crippen molar-refractivity contribution in [3.63, 3.8) is 0 Å². The Kier molecular flexibility index (Phi) is 4.52. The van der Waals surface area contributed by atoms with Crippen LogP contribution in [0, 0.1) is 12.7 Å². The molecule has 0 saturated carbocycles. The first kappa shape index (κ1) is 15.0. The Morgan fingerprint density at radius 1 is 1.14 bits per heavy atom. The summed E-state index contributed by atoms with van der Waals surface area (Å²) in [6.07, 6.45) is 4.36. The highest BCUT2D eigenvalue weighted by atomic mass is 19.1. The van der Waals surface area contributed by atoms with Crippen molar-refractivity contribution in [1.29, 1.82) is 0 Å². The summed E-state index contributed by atoms with van der Waals surface area (Å²) < 4.78 is 13.4. The van der Waals surface area contributed by atoms with Crippen LogP contribution >= 0.6 is 0 Å². The van der Waals surface area contributed by atoms with Crippen LogP contribution in [0.15, 0.2) is 30.7 Å². The summed E-state index contributed by atoms with van der Waals surface area (Å²) in [7, 11) is 0. The molecular formula is C16H15FN2O2. The first-order chi connectivity index (χ1) is 10.0. The number of carbonyl (C=O) groups excluding carboxylic acids is 2. The predicted octanol–water partition coefficient (Wildman–Crippen LogP) is 2.94. The number of hydrogen-bond donors (Lipinski definition) is 0. The van der Waals surface area contributed by atoms with Crippen LogP contribution in [0.5, 0.6) is 0 Å². The molecule has 2 aromatic heterocycles. The van der Waals surface area contributed by atoms with Crippen molar-refractivity contribution in [3.8, 4) is 0 Å². The fourth-order valence-electron chi connectivity index (χ4n) is 1.94. The number of hydrogen-bond acceptors (Lipinski definition) is 4. The minimum absolute atomic E-state index is 0.00514. The Morgan fingerprint density at radius 2 is 1.90 bits per heavy atom. The summed E-state index contributed by atoms with van der Waals surface area (Å²) >= 11 is 0. The maximum Gasteiger partial charge on any atom is 0.170 e. The monoisotopic (exact) mass is 286 g/mol. The molecule has 0 amide bonds. The van der Waals surface area contributed by atoms with Gasteiger partial charge in [-0.2, -0.15) is 0 Å². The first-order valence-electron chi connectivity index (χ1n) is 6.64. The zero-order chi connectivity index (χ0) is 15.4. The highest BCUT2D eigenvalue weighted by molar-refractivity contribution is 5.98. The molecule has 21 heavy (non-hydrogen) atoms. The number of carbonyl (C=O) groups is 2. The van der Waals surface area contributed by atoms with Crippen LogP contribution in [0.2, 0.25) is 0 Å². The molecule has 0 fully saturated rings.